The number of carbonyl (C=O) groups excluding carboxylic acids is 1. The third-order valence-corrected chi connectivity index (χ3v) is 2.49. The number of amides is 1. The third kappa shape index (κ3) is 3.16. The topological polar surface area (TPSA) is 32.3 Å². The number of nitrogens with zero attached hydrogens (tertiary/aromatic N) is 1. The average molecular weight is 198 g/mol. The number of carbonyl (C=O) groups is 1. The minimum Gasteiger partial charge on any atom is -0.340 e. The molecule has 1 aromatic rings. The molecule has 0 saturated carbocycles. The normalized spacial score (nSPS) is 10.0. The fourth-order valence-corrected chi connectivity index (χ4v) is 1.69. The van der Waals surface area contributed by atoms with Crippen molar-refractivity contribution < 1.29 is 4.79 Å². The van der Waals surface area contributed by atoms with Crippen LogP contribution in [-0.2, 0) is 11.3 Å². The second-order valence-corrected chi connectivity index (χ2v) is 3.69. The number of nitrogens with one attached hydrogen (secondary N) is 1. The molecule has 13 heavy (non-hydrogen) atoms. The van der Waals surface area contributed by atoms with Gasteiger partial charge in [0.25, 0.3) is 0 Å². The predicted molar refractivity (Wildman–Crippen MR) is 54.7 cm³/mol. The van der Waals surface area contributed by atoms with Crippen molar-refractivity contribution in [2.45, 2.75) is 6.54 Å². The molecule has 0 radical (unpaired) electrons. The van der Waals surface area contributed by atoms with Crippen LogP contribution in [0.25, 0.3) is 0 Å². The molecule has 0 aliphatic carbocycles. The summed E-state index contributed by atoms with van der Waals surface area (Å²) in [6.07, 6.45) is 0. The van der Waals surface area contributed by atoms with E-state index in [2.05, 4.69) is 10.7 Å². The van der Waals surface area contributed by atoms with Crippen LogP contribution in [0.1, 0.15) is 5.56 Å². The van der Waals surface area contributed by atoms with Gasteiger partial charge in [0.2, 0.25) is 5.91 Å². The summed E-state index contributed by atoms with van der Waals surface area (Å²) >= 11 is 1.65. The van der Waals surface area contributed by atoms with E-state index in [0.29, 0.717) is 13.1 Å². The highest BCUT2D eigenvalue weighted by atomic mass is 32.1. The van der Waals surface area contributed by atoms with Gasteiger partial charge in [-0.15, -0.1) is 0 Å². The van der Waals surface area contributed by atoms with Crippen LogP contribution in [0, 0.1) is 0 Å². The summed E-state index contributed by atoms with van der Waals surface area (Å²) in [5.74, 6) is 0.119. The first-order chi connectivity index (χ1) is 6.24. The zero-order chi connectivity index (χ0) is 9.68. The molecule has 1 aromatic heterocycles. The molecule has 0 aliphatic heterocycles. The minimum atomic E-state index is 0.119. The maximum atomic E-state index is 11.3. The van der Waals surface area contributed by atoms with Crippen molar-refractivity contribution in [1.82, 2.24) is 10.2 Å². The van der Waals surface area contributed by atoms with Gasteiger partial charge >= 0.3 is 0 Å². The van der Waals surface area contributed by atoms with Crippen LogP contribution in [0.2, 0.25) is 0 Å². The molecule has 1 N–H and O–H groups in total. The largest absolute Gasteiger partial charge is 0.340 e. The Bertz CT molecular complexity index is 259. The lowest BCUT2D eigenvalue weighted by molar-refractivity contribution is -0.129. The Balaban J connectivity index is 2.41. The van der Waals surface area contributed by atoms with E-state index < -0.39 is 0 Å². The molecular weight excluding hydrogens is 184 g/mol. The number of hydrogen-bond acceptors (Lipinski definition) is 3. The molecular formula is C9H14N2OS. The summed E-state index contributed by atoms with van der Waals surface area (Å²) in [6.45, 7) is 1.10. The molecule has 1 amide bonds. The van der Waals surface area contributed by atoms with Gasteiger partial charge in [0, 0.05) is 13.6 Å². The van der Waals surface area contributed by atoms with Crippen molar-refractivity contribution in [3.63, 3.8) is 0 Å². The fourth-order valence-electron chi connectivity index (χ4n) is 1.03. The summed E-state index contributed by atoms with van der Waals surface area (Å²) in [4.78, 5) is 13.1. The summed E-state index contributed by atoms with van der Waals surface area (Å²) < 4.78 is 0. The SMILES string of the molecule is CNCC(=O)N(C)Cc1ccsc1. The van der Waals surface area contributed by atoms with Crippen LogP contribution in [0.4, 0.5) is 0 Å². The lowest BCUT2D eigenvalue weighted by atomic mass is 10.3. The Labute approximate surface area is 82.4 Å². The van der Waals surface area contributed by atoms with Gasteiger partial charge in [-0.05, 0) is 29.4 Å². The van der Waals surface area contributed by atoms with Gasteiger partial charge in [0.15, 0.2) is 0 Å². The third-order valence-electron chi connectivity index (χ3n) is 1.75. The molecule has 1 heterocycles. The van der Waals surface area contributed by atoms with E-state index in [1.807, 2.05) is 18.5 Å². The Morgan fingerprint density at radius 1 is 1.69 bits per heavy atom. The lowest BCUT2D eigenvalue weighted by Crippen LogP contribution is -2.33. The Kier molecular flexibility index (Phi) is 3.92. The van der Waals surface area contributed by atoms with E-state index in [4.69, 9.17) is 0 Å². The summed E-state index contributed by atoms with van der Waals surface area (Å²) in [7, 11) is 3.59. The summed E-state index contributed by atoms with van der Waals surface area (Å²) in [5, 5.41) is 6.92. The molecule has 1 rings (SSSR count). The number of hydrogen-bond donors (Lipinski definition) is 1. The Hall–Kier alpha value is -0.870. The van der Waals surface area contributed by atoms with Crippen molar-refractivity contribution in [2.24, 2.45) is 0 Å². The van der Waals surface area contributed by atoms with Gasteiger partial charge < -0.3 is 10.2 Å². The zero-order valence-corrected chi connectivity index (χ0v) is 8.73. The van der Waals surface area contributed by atoms with Crippen molar-refractivity contribution >= 4 is 17.2 Å². The molecule has 0 aliphatic rings. The van der Waals surface area contributed by atoms with E-state index >= 15 is 0 Å². The zero-order valence-electron chi connectivity index (χ0n) is 7.91. The van der Waals surface area contributed by atoms with Crippen LogP contribution in [0.3, 0.4) is 0 Å². The maximum absolute atomic E-state index is 11.3. The van der Waals surface area contributed by atoms with Crippen molar-refractivity contribution in [3.8, 4) is 0 Å². The van der Waals surface area contributed by atoms with E-state index in [1.165, 1.54) is 5.56 Å². The molecule has 0 fully saturated rings. The van der Waals surface area contributed by atoms with E-state index in [1.54, 1.807) is 23.3 Å². The predicted octanol–water partition coefficient (Wildman–Crippen LogP) is 0.926. The minimum absolute atomic E-state index is 0.119. The quantitative estimate of drug-likeness (QED) is 0.780. The van der Waals surface area contributed by atoms with Crippen molar-refractivity contribution in [1.29, 1.82) is 0 Å². The molecule has 0 unspecified atom stereocenters. The molecule has 4 heteroatoms. The lowest BCUT2D eigenvalue weighted by Gasteiger charge is -2.15. The Morgan fingerprint density at radius 2 is 2.46 bits per heavy atom. The first kappa shape index (κ1) is 10.2. The van der Waals surface area contributed by atoms with Crippen molar-refractivity contribution in [3.05, 3.63) is 22.4 Å². The maximum Gasteiger partial charge on any atom is 0.236 e. The first-order valence-corrected chi connectivity index (χ1v) is 5.08. The summed E-state index contributed by atoms with van der Waals surface area (Å²) in [6, 6.07) is 2.04. The molecule has 0 saturated heterocycles. The van der Waals surface area contributed by atoms with E-state index in [-0.39, 0.29) is 5.91 Å². The smallest absolute Gasteiger partial charge is 0.236 e. The van der Waals surface area contributed by atoms with Gasteiger partial charge in [0.05, 0.1) is 6.54 Å². The van der Waals surface area contributed by atoms with Gasteiger partial charge in [-0.3, -0.25) is 4.79 Å². The number of likely N-dealkylation sites (N-methyl/N-ethyl adjacent to an activating group) is 2. The fraction of sp³-hybridized carbons (Fsp3) is 0.444. The van der Waals surface area contributed by atoms with E-state index in [9.17, 15) is 4.79 Å². The van der Waals surface area contributed by atoms with Gasteiger partial charge in [-0.1, -0.05) is 0 Å². The van der Waals surface area contributed by atoms with Gasteiger partial charge in [0.1, 0.15) is 0 Å². The van der Waals surface area contributed by atoms with Crippen LogP contribution in [-0.4, -0.2) is 31.4 Å². The Morgan fingerprint density at radius 3 is 3.00 bits per heavy atom. The second-order valence-electron chi connectivity index (χ2n) is 2.91. The summed E-state index contributed by atoms with van der Waals surface area (Å²) in [5.41, 5.74) is 1.19. The highest BCUT2D eigenvalue weighted by Gasteiger charge is 2.07. The van der Waals surface area contributed by atoms with Crippen molar-refractivity contribution in [2.75, 3.05) is 20.6 Å². The first-order valence-electron chi connectivity index (χ1n) is 4.13. The second kappa shape index (κ2) is 4.99. The molecule has 0 aromatic carbocycles. The number of rotatable bonds is 4. The van der Waals surface area contributed by atoms with E-state index in [0.717, 1.165) is 0 Å². The van der Waals surface area contributed by atoms with Crippen LogP contribution in [0.5, 0.6) is 0 Å². The molecule has 0 atom stereocenters. The van der Waals surface area contributed by atoms with Crippen LogP contribution in [0.15, 0.2) is 16.8 Å². The monoisotopic (exact) mass is 198 g/mol. The molecule has 3 nitrogen and oxygen atoms in total. The standard InChI is InChI=1S/C9H14N2OS/c1-10-5-9(12)11(2)6-8-3-4-13-7-8/h3-4,7,10H,5-6H2,1-2H3. The van der Waals surface area contributed by atoms with Gasteiger partial charge in [-0.25, -0.2) is 0 Å². The molecule has 72 valence electrons. The van der Waals surface area contributed by atoms with Gasteiger partial charge in [-0.2, -0.15) is 11.3 Å². The van der Waals surface area contributed by atoms with Crippen LogP contribution < -0.4 is 5.32 Å². The highest BCUT2D eigenvalue weighted by Crippen LogP contribution is 2.07. The van der Waals surface area contributed by atoms with Crippen LogP contribution >= 0.6 is 11.3 Å². The highest BCUT2D eigenvalue weighted by molar-refractivity contribution is 7.07. The molecule has 0 bridgehead atoms. The molecule has 0 spiro atoms. The number of thiophene rings is 1. The average Bonchev–Trinajstić information content (AvgIpc) is 2.57.